The Kier molecular flexibility index (Phi) is 10.9. The predicted molar refractivity (Wildman–Crippen MR) is 173 cm³/mol. The van der Waals surface area contributed by atoms with Crippen LogP contribution in [0.25, 0.3) is 10.1 Å². The van der Waals surface area contributed by atoms with E-state index in [0.29, 0.717) is 40.0 Å². The van der Waals surface area contributed by atoms with Crippen molar-refractivity contribution in [2.45, 2.75) is 58.8 Å². The number of benzene rings is 1. The zero-order valence-electron chi connectivity index (χ0n) is 22.7. The molecule has 210 valence electrons. The van der Waals surface area contributed by atoms with Crippen LogP contribution in [0.3, 0.4) is 0 Å². The average Bonchev–Trinajstić information content (AvgIpc) is 3.72. The third-order valence-electron chi connectivity index (χ3n) is 5.82. The van der Waals surface area contributed by atoms with Crippen molar-refractivity contribution in [2.75, 3.05) is 10.6 Å². The Labute approximate surface area is 255 Å². The van der Waals surface area contributed by atoms with Crippen LogP contribution in [0, 0.1) is 0 Å². The van der Waals surface area contributed by atoms with Gasteiger partial charge in [-0.2, -0.15) is 0 Å². The Hall–Kier alpha value is -2.63. The summed E-state index contributed by atoms with van der Waals surface area (Å²) in [5.74, 6) is 0.864. The molecule has 0 radical (unpaired) electrons. The Bertz CT molecular complexity index is 1550. The number of aromatic nitrogens is 2. The van der Waals surface area contributed by atoms with E-state index in [9.17, 15) is 9.59 Å². The first-order valence-electron chi connectivity index (χ1n) is 12.9. The van der Waals surface area contributed by atoms with Crippen LogP contribution in [0.2, 0.25) is 5.02 Å². The number of halogens is 1. The lowest BCUT2D eigenvalue weighted by Crippen LogP contribution is -2.13. The van der Waals surface area contributed by atoms with E-state index in [1.165, 1.54) is 26.0 Å². The molecular weight excluding hydrogens is 600 g/mol. The lowest BCUT2D eigenvalue weighted by molar-refractivity contribution is -0.116. The minimum absolute atomic E-state index is 0.0352. The molecule has 5 rings (SSSR count). The topological polar surface area (TPSA) is 84.0 Å². The van der Waals surface area contributed by atoms with Crippen LogP contribution in [0.15, 0.2) is 53.5 Å². The van der Waals surface area contributed by atoms with Gasteiger partial charge in [0, 0.05) is 43.2 Å². The van der Waals surface area contributed by atoms with Crippen LogP contribution in [-0.2, 0) is 22.4 Å². The molecule has 0 fully saturated rings. The highest BCUT2D eigenvalue weighted by Gasteiger charge is 2.13. The number of carbonyl (C=O) groups is 2. The second-order valence-corrected chi connectivity index (χ2v) is 14.2. The molecule has 0 saturated heterocycles. The van der Waals surface area contributed by atoms with Crippen molar-refractivity contribution in [2.24, 2.45) is 0 Å². The summed E-state index contributed by atoms with van der Waals surface area (Å²) >= 11 is 12.4. The largest absolute Gasteiger partial charge is 0.302 e. The standard InChI is InChI=1S/C16H15ClN2OS2.C13H16N2OS2/c1-9(2)14-7-18-16(22-14)19-15(20)5-10-8-21-13-4-3-11(17)6-12(10)13;1-9(2)11-8-14-13(18-11)15-12(16)6-5-10-4-3-7-17-10/h3-4,6-9H,5H2,1-2H3,(H,18,19,20);3-4,7-9H,5-6H2,1-2H3,(H,14,15,16). The van der Waals surface area contributed by atoms with E-state index in [1.54, 1.807) is 34.0 Å². The summed E-state index contributed by atoms with van der Waals surface area (Å²) in [6.45, 7) is 8.46. The van der Waals surface area contributed by atoms with Crippen LogP contribution >= 0.6 is 56.9 Å². The van der Waals surface area contributed by atoms with E-state index in [0.717, 1.165) is 22.1 Å². The number of fused-ring (bicyclic) bond motifs is 1. The number of carbonyl (C=O) groups excluding carboxylic acids is 2. The molecule has 0 aliphatic heterocycles. The van der Waals surface area contributed by atoms with Crippen molar-refractivity contribution in [1.29, 1.82) is 0 Å². The van der Waals surface area contributed by atoms with Gasteiger partial charge >= 0.3 is 0 Å². The molecule has 4 heterocycles. The lowest BCUT2D eigenvalue weighted by Gasteiger charge is -2.02. The van der Waals surface area contributed by atoms with Crippen molar-refractivity contribution in [3.05, 3.63) is 78.7 Å². The first-order valence-corrected chi connectivity index (χ1v) is 16.6. The molecular formula is C29H31ClN4O2S4. The fourth-order valence-electron chi connectivity index (χ4n) is 3.62. The van der Waals surface area contributed by atoms with E-state index >= 15 is 0 Å². The predicted octanol–water partition coefficient (Wildman–Crippen LogP) is 9.22. The molecule has 0 aliphatic rings. The molecule has 0 atom stereocenters. The number of thiophene rings is 2. The second-order valence-electron chi connectivity index (χ2n) is 9.70. The second kappa shape index (κ2) is 14.3. The van der Waals surface area contributed by atoms with E-state index < -0.39 is 0 Å². The van der Waals surface area contributed by atoms with Gasteiger partial charge in [-0.3, -0.25) is 9.59 Å². The Balaban J connectivity index is 0.000000189. The quantitative estimate of drug-likeness (QED) is 0.170. The molecule has 6 nitrogen and oxygen atoms in total. The Morgan fingerprint density at radius 3 is 2.12 bits per heavy atom. The van der Waals surface area contributed by atoms with Crippen molar-refractivity contribution in [3.8, 4) is 0 Å². The van der Waals surface area contributed by atoms with E-state index in [2.05, 4.69) is 54.4 Å². The van der Waals surface area contributed by atoms with Crippen molar-refractivity contribution in [1.82, 2.24) is 9.97 Å². The number of amides is 2. The highest BCUT2D eigenvalue weighted by atomic mass is 35.5. The number of aryl methyl sites for hydroxylation is 1. The highest BCUT2D eigenvalue weighted by molar-refractivity contribution is 7.17. The van der Waals surface area contributed by atoms with Gasteiger partial charge in [-0.05, 0) is 64.2 Å². The minimum Gasteiger partial charge on any atom is -0.302 e. The third-order valence-corrected chi connectivity index (χ3v) is 10.4. The maximum Gasteiger partial charge on any atom is 0.230 e. The van der Waals surface area contributed by atoms with Gasteiger partial charge in [-0.1, -0.05) is 45.4 Å². The highest BCUT2D eigenvalue weighted by Crippen LogP contribution is 2.30. The van der Waals surface area contributed by atoms with Crippen molar-refractivity contribution >= 4 is 89.1 Å². The van der Waals surface area contributed by atoms with Gasteiger partial charge in [-0.15, -0.1) is 45.3 Å². The molecule has 0 unspecified atom stereocenters. The Morgan fingerprint density at radius 1 is 0.900 bits per heavy atom. The van der Waals surface area contributed by atoms with E-state index in [1.807, 2.05) is 47.4 Å². The average molecular weight is 631 g/mol. The van der Waals surface area contributed by atoms with Crippen LogP contribution in [0.5, 0.6) is 0 Å². The number of nitrogens with zero attached hydrogens (tertiary/aromatic N) is 2. The van der Waals surface area contributed by atoms with Gasteiger partial charge in [0.05, 0.1) is 6.42 Å². The first kappa shape index (κ1) is 30.3. The zero-order chi connectivity index (χ0) is 28.6. The fraction of sp³-hybridized carbons (Fsp3) is 0.310. The van der Waals surface area contributed by atoms with Crippen LogP contribution < -0.4 is 10.6 Å². The van der Waals surface area contributed by atoms with E-state index in [4.69, 9.17) is 11.6 Å². The van der Waals surface area contributed by atoms with Gasteiger partial charge in [0.1, 0.15) is 0 Å². The van der Waals surface area contributed by atoms with Gasteiger partial charge in [0.25, 0.3) is 0 Å². The molecule has 40 heavy (non-hydrogen) atoms. The molecule has 4 aromatic heterocycles. The third kappa shape index (κ3) is 8.68. The van der Waals surface area contributed by atoms with Gasteiger partial charge in [0.15, 0.2) is 10.3 Å². The van der Waals surface area contributed by atoms with Crippen LogP contribution in [0.4, 0.5) is 10.3 Å². The fourth-order valence-corrected chi connectivity index (χ4v) is 7.12. The normalized spacial score (nSPS) is 11.1. The number of hydrogen-bond donors (Lipinski definition) is 2. The lowest BCUT2D eigenvalue weighted by atomic mass is 10.1. The molecule has 0 bridgehead atoms. The SMILES string of the molecule is CC(C)c1cnc(NC(=O)CCc2cccs2)s1.CC(C)c1cnc(NC(=O)Cc2csc3ccc(Cl)cc23)s1. The molecule has 0 saturated carbocycles. The number of nitrogens with one attached hydrogen (secondary N) is 2. The summed E-state index contributed by atoms with van der Waals surface area (Å²) in [5, 5.41) is 12.9. The maximum atomic E-state index is 12.2. The van der Waals surface area contributed by atoms with E-state index in [-0.39, 0.29) is 11.8 Å². The molecule has 1 aromatic carbocycles. The first-order chi connectivity index (χ1) is 19.2. The molecule has 0 spiro atoms. The molecule has 2 N–H and O–H groups in total. The summed E-state index contributed by atoms with van der Waals surface area (Å²) in [5.41, 5.74) is 1.00. The summed E-state index contributed by atoms with van der Waals surface area (Å²) in [7, 11) is 0. The molecule has 0 aliphatic carbocycles. The van der Waals surface area contributed by atoms with Gasteiger partial charge in [0.2, 0.25) is 11.8 Å². The molecule has 11 heteroatoms. The zero-order valence-corrected chi connectivity index (χ0v) is 26.7. The van der Waals surface area contributed by atoms with Gasteiger partial charge < -0.3 is 10.6 Å². The number of hydrogen-bond acceptors (Lipinski definition) is 8. The molecule has 5 aromatic rings. The monoisotopic (exact) mass is 630 g/mol. The van der Waals surface area contributed by atoms with Crippen LogP contribution in [-0.4, -0.2) is 21.8 Å². The summed E-state index contributed by atoms with van der Waals surface area (Å²) in [6.07, 6.45) is 5.30. The van der Waals surface area contributed by atoms with Crippen LogP contribution in [0.1, 0.15) is 66.1 Å². The minimum atomic E-state index is -0.0515. The summed E-state index contributed by atoms with van der Waals surface area (Å²) in [6, 6.07) is 9.83. The Morgan fingerprint density at radius 2 is 1.55 bits per heavy atom. The summed E-state index contributed by atoms with van der Waals surface area (Å²) in [4.78, 5) is 36.0. The van der Waals surface area contributed by atoms with Crippen molar-refractivity contribution < 1.29 is 9.59 Å². The number of rotatable bonds is 9. The smallest absolute Gasteiger partial charge is 0.230 e. The summed E-state index contributed by atoms with van der Waals surface area (Å²) < 4.78 is 1.14. The molecule has 2 amide bonds. The van der Waals surface area contributed by atoms with Crippen molar-refractivity contribution in [3.63, 3.8) is 0 Å². The van der Waals surface area contributed by atoms with Gasteiger partial charge in [-0.25, -0.2) is 9.97 Å². The maximum absolute atomic E-state index is 12.2. The number of thiazole rings is 2. The number of anilines is 2.